The van der Waals surface area contributed by atoms with Crippen LogP contribution in [0, 0.1) is 23.7 Å². The quantitative estimate of drug-likeness (QED) is 0.237. The molecule has 1 saturated heterocycles. The van der Waals surface area contributed by atoms with Crippen LogP contribution in [-0.2, 0) is 19.0 Å². The van der Waals surface area contributed by atoms with E-state index < -0.39 is 0 Å². The first-order valence-electron chi connectivity index (χ1n) is 7.43. The molecule has 0 aromatic rings. The SMILES string of the molecule is CCOC(=O)/C=C/OC[C@H]1[C@H]2CO[C@H]3[C@H](I)[C@@H]1CC[C@@H]23. The van der Waals surface area contributed by atoms with E-state index in [0.717, 1.165) is 12.5 Å². The maximum atomic E-state index is 11.2. The third kappa shape index (κ3) is 2.58. The topological polar surface area (TPSA) is 44.8 Å². The monoisotopic (exact) mass is 392 g/mol. The lowest BCUT2D eigenvalue weighted by Crippen LogP contribution is -2.51. The van der Waals surface area contributed by atoms with Gasteiger partial charge in [0.2, 0.25) is 0 Å². The molecule has 5 heteroatoms. The molecule has 0 amide bonds. The molecular weight excluding hydrogens is 371 g/mol. The lowest BCUT2D eigenvalue weighted by atomic mass is 9.59. The zero-order chi connectivity index (χ0) is 14.1. The number of esters is 1. The van der Waals surface area contributed by atoms with E-state index in [1.54, 1.807) is 6.92 Å². The van der Waals surface area contributed by atoms with E-state index in [1.165, 1.54) is 25.2 Å². The van der Waals surface area contributed by atoms with Crippen LogP contribution in [0.5, 0.6) is 0 Å². The molecule has 3 saturated carbocycles. The van der Waals surface area contributed by atoms with Crippen molar-refractivity contribution in [3.63, 3.8) is 0 Å². The highest BCUT2D eigenvalue weighted by molar-refractivity contribution is 14.1. The molecule has 1 heterocycles. The van der Waals surface area contributed by atoms with Gasteiger partial charge in [0.25, 0.3) is 0 Å². The van der Waals surface area contributed by atoms with Crippen molar-refractivity contribution in [3.8, 4) is 0 Å². The van der Waals surface area contributed by atoms with Crippen molar-refractivity contribution in [1.82, 2.24) is 0 Å². The minimum Gasteiger partial charge on any atom is -0.501 e. The van der Waals surface area contributed by atoms with Gasteiger partial charge < -0.3 is 14.2 Å². The van der Waals surface area contributed by atoms with Crippen molar-refractivity contribution in [2.24, 2.45) is 23.7 Å². The summed E-state index contributed by atoms with van der Waals surface area (Å²) >= 11 is 2.56. The van der Waals surface area contributed by atoms with E-state index in [0.29, 0.717) is 41.0 Å². The first kappa shape index (κ1) is 14.6. The minimum atomic E-state index is -0.339. The van der Waals surface area contributed by atoms with Gasteiger partial charge in [-0.05, 0) is 37.5 Å². The molecule has 1 aliphatic heterocycles. The molecule has 0 radical (unpaired) electrons. The molecule has 4 nitrogen and oxygen atoms in total. The summed E-state index contributed by atoms with van der Waals surface area (Å²) in [7, 11) is 0. The average Bonchev–Trinajstić information content (AvgIpc) is 2.83. The Morgan fingerprint density at radius 2 is 2.15 bits per heavy atom. The zero-order valence-electron chi connectivity index (χ0n) is 11.7. The summed E-state index contributed by atoms with van der Waals surface area (Å²) in [6, 6.07) is 0. The molecule has 0 aromatic carbocycles. The fourth-order valence-electron chi connectivity index (χ4n) is 4.12. The van der Waals surface area contributed by atoms with Crippen LogP contribution < -0.4 is 0 Å². The van der Waals surface area contributed by atoms with Crippen LogP contribution in [0.15, 0.2) is 12.3 Å². The van der Waals surface area contributed by atoms with Gasteiger partial charge in [-0.3, -0.25) is 0 Å². The van der Waals surface area contributed by atoms with E-state index >= 15 is 0 Å². The predicted octanol–water partition coefficient (Wildman–Crippen LogP) is 2.55. The molecule has 0 N–H and O–H groups in total. The summed E-state index contributed by atoms with van der Waals surface area (Å²) in [6.45, 7) is 3.77. The fraction of sp³-hybridized carbons (Fsp3) is 0.800. The highest BCUT2D eigenvalue weighted by Gasteiger charge is 2.57. The van der Waals surface area contributed by atoms with Gasteiger partial charge in [0.1, 0.15) is 0 Å². The number of halogens is 1. The van der Waals surface area contributed by atoms with E-state index in [4.69, 9.17) is 14.2 Å². The van der Waals surface area contributed by atoms with Crippen LogP contribution in [0.3, 0.4) is 0 Å². The van der Waals surface area contributed by atoms with Crippen LogP contribution >= 0.6 is 22.6 Å². The number of carbonyl (C=O) groups excluding carboxylic acids is 1. The van der Waals surface area contributed by atoms with Gasteiger partial charge >= 0.3 is 5.97 Å². The van der Waals surface area contributed by atoms with Crippen LogP contribution in [0.1, 0.15) is 19.8 Å². The van der Waals surface area contributed by atoms with Crippen LogP contribution in [0.4, 0.5) is 0 Å². The molecule has 4 bridgehead atoms. The molecule has 20 heavy (non-hydrogen) atoms. The molecule has 3 aliphatic carbocycles. The summed E-state index contributed by atoms with van der Waals surface area (Å²) < 4.78 is 17.0. The van der Waals surface area contributed by atoms with E-state index in [2.05, 4.69) is 22.6 Å². The number of hydrogen-bond donors (Lipinski definition) is 0. The molecule has 0 spiro atoms. The second-order valence-corrected chi connectivity index (χ2v) is 7.30. The smallest absolute Gasteiger partial charge is 0.333 e. The number of carbonyl (C=O) groups is 1. The van der Waals surface area contributed by atoms with E-state index in [-0.39, 0.29) is 5.97 Å². The molecule has 4 rings (SSSR count). The third-order valence-corrected chi connectivity index (χ3v) is 6.62. The third-order valence-electron chi connectivity index (χ3n) is 4.98. The van der Waals surface area contributed by atoms with Crippen molar-refractivity contribution in [2.45, 2.75) is 29.8 Å². The highest BCUT2D eigenvalue weighted by Crippen LogP contribution is 2.56. The maximum absolute atomic E-state index is 11.2. The minimum absolute atomic E-state index is 0.339. The Morgan fingerprint density at radius 1 is 1.35 bits per heavy atom. The Hall–Kier alpha value is -0.300. The number of ether oxygens (including phenoxy) is 3. The summed E-state index contributed by atoms with van der Waals surface area (Å²) in [5, 5.41) is 0. The maximum Gasteiger partial charge on any atom is 0.333 e. The van der Waals surface area contributed by atoms with Crippen molar-refractivity contribution >= 4 is 28.6 Å². The van der Waals surface area contributed by atoms with Crippen molar-refractivity contribution in [2.75, 3.05) is 19.8 Å². The van der Waals surface area contributed by atoms with E-state index in [9.17, 15) is 4.79 Å². The number of alkyl halides is 1. The largest absolute Gasteiger partial charge is 0.501 e. The first-order valence-corrected chi connectivity index (χ1v) is 8.67. The van der Waals surface area contributed by atoms with Crippen molar-refractivity contribution in [3.05, 3.63) is 12.3 Å². The van der Waals surface area contributed by atoms with Gasteiger partial charge in [0.05, 0.1) is 38.3 Å². The summed E-state index contributed by atoms with van der Waals surface area (Å²) in [6.07, 6.45) is 5.93. The van der Waals surface area contributed by atoms with Gasteiger partial charge in [0, 0.05) is 9.84 Å². The number of fused-ring (bicyclic) bond motifs is 1. The van der Waals surface area contributed by atoms with Gasteiger partial charge in [-0.1, -0.05) is 22.6 Å². The number of rotatable bonds is 5. The average molecular weight is 392 g/mol. The van der Waals surface area contributed by atoms with Crippen molar-refractivity contribution in [1.29, 1.82) is 0 Å². The standard InChI is InChI=1S/C15H21IO4/c1-2-19-13(17)5-6-18-7-11-9-3-4-10-12(11)8-20-15(10)14(9)16/h5-6,9-12,14-15H,2-4,7-8H2,1H3/b6-5+/t9-,10+,11-,12+,14-,15-/m1/s1. The Bertz CT molecular complexity index is 397. The Kier molecular flexibility index (Phi) is 4.55. The molecule has 6 atom stereocenters. The van der Waals surface area contributed by atoms with E-state index in [1.807, 2.05) is 0 Å². The molecular formula is C15H21IO4. The van der Waals surface area contributed by atoms with Gasteiger partial charge in [0.15, 0.2) is 0 Å². The Morgan fingerprint density at radius 3 is 2.95 bits per heavy atom. The van der Waals surface area contributed by atoms with Crippen LogP contribution in [0.2, 0.25) is 0 Å². The van der Waals surface area contributed by atoms with Gasteiger partial charge in [-0.25, -0.2) is 4.79 Å². The molecule has 4 fully saturated rings. The Labute approximate surface area is 133 Å². The van der Waals surface area contributed by atoms with Crippen LogP contribution in [0.25, 0.3) is 0 Å². The highest BCUT2D eigenvalue weighted by atomic mass is 127. The summed E-state index contributed by atoms with van der Waals surface area (Å²) in [4.78, 5) is 11.2. The summed E-state index contributed by atoms with van der Waals surface area (Å²) in [5.41, 5.74) is 0. The summed E-state index contributed by atoms with van der Waals surface area (Å²) in [5.74, 6) is 2.31. The fourth-order valence-corrected chi connectivity index (χ4v) is 5.76. The zero-order valence-corrected chi connectivity index (χ0v) is 13.8. The first-order chi connectivity index (χ1) is 9.72. The lowest BCUT2D eigenvalue weighted by molar-refractivity contribution is -0.137. The Balaban J connectivity index is 1.54. The molecule has 0 unspecified atom stereocenters. The normalized spacial score (nSPS) is 42.1. The second kappa shape index (κ2) is 6.22. The van der Waals surface area contributed by atoms with Crippen LogP contribution in [-0.4, -0.2) is 35.8 Å². The second-order valence-electron chi connectivity index (χ2n) is 5.86. The molecule has 112 valence electrons. The lowest BCUT2D eigenvalue weighted by Gasteiger charge is -2.49. The molecule has 0 aromatic heterocycles. The van der Waals surface area contributed by atoms with Gasteiger partial charge in [-0.15, -0.1) is 0 Å². The predicted molar refractivity (Wildman–Crippen MR) is 82.5 cm³/mol. The van der Waals surface area contributed by atoms with Crippen molar-refractivity contribution < 1.29 is 19.0 Å². The molecule has 4 aliphatic rings. The number of hydrogen-bond acceptors (Lipinski definition) is 4. The van der Waals surface area contributed by atoms with Gasteiger partial charge in [-0.2, -0.15) is 0 Å².